The van der Waals surface area contributed by atoms with Crippen LogP contribution in [0.25, 0.3) is 15.8 Å². The molecule has 0 N–H and O–H groups in total. The molecule has 2 rings (SSSR count). The van der Waals surface area contributed by atoms with Gasteiger partial charge in [0.05, 0.1) is 10.2 Å². The Kier molecular flexibility index (Phi) is 4.96. The molecule has 1 aromatic heterocycles. The van der Waals surface area contributed by atoms with Crippen LogP contribution in [0.3, 0.4) is 0 Å². The number of benzene rings is 1. The third-order valence-electron chi connectivity index (χ3n) is 4.22. The highest BCUT2D eigenvalue weighted by atomic mass is 32.1. The monoisotopic (exact) mass is 326 g/mol. The number of hydrogen-bond acceptors (Lipinski definition) is 3. The maximum absolute atomic E-state index is 9.12. The predicted molar refractivity (Wildman–Crippen MR) is 101 cm³/mol. The zero-order valence-electron chi connectivity index (χ0n) is 15.2. The zero-order chi connectivity index (χ0) is 17.4. The van der Waals surface area contributed by atoms with Crippen LogP contribution in [-0.2, 0) is 0 Å². The van der Waals surface area contributed by atoms with Crippen LogP contribution in [0.2, 0.25) is 0 Å². The number of rotatable bonds is 3. The van der Waals surface area contributed by atoms with E-state index in [1.807, 2.05) is 0 Å². The summed E-state index contributed by atoms with van der Waals surface area (Å²) in [6, 6.07) is 6.58. The van der Waals surface area contributed by atoms with Gasteiger partial charge in [-0.05, 0) is 53.0 Å². The van der Waals surface area contributed by atoms with Gasteiger partial charge in [0.25, 0.3) is 0 Å². The average molecular weight is 327 g/mol. The summed E-state index contributed by atoms with van der Waals surface area (Å²) in [7, 11) is 0. The highest BCUT2D eigenvalue weighted by Crippen LogP contribution is 2.36. The van der Waals surface area contributed by atoms with Crippen molar-refractivity contribution in [2.45, 2.75) is 54.4 Å². The average Bonchev–Trinajstić information content (AvgIpc) is 2.85. The number of hydrogen-bond donors (Lipinski definition) is 0. The van der Waals surface area contributed by atoms with Crippen LogP contribution in [0.4, 0.5) is 0 Å². The van der Waals surface area contributed by atoms with Crippen LogP contribution < -0.4 is 0 Å². The standard InChI is InChI=1S/C20H26N2S/c1-12(2)14(4)16-9-18-17(22-19(11-21)23-18)8-15(16)13(3)10-20(5,6)7/h8-10,12,14H,1-7H3. The molecular formula is C20H26N2S. The Morgan fingerprint density at radius 1 is 1.26 bits per heavy atom. The molecule has 0 amide bonds. The van der Waals surface area contributed by atoms with Gasteiger partial charge >= 0.3 is 0 Å². The number of thiazole rings is 1. The fraction of sp³-hybridized carbons (Fsp3) is 0.500. The van der Waals surface area contributed by atoms with Gasteiger partial charge < -0.3 is 0 Å². The summed E-state index contributed by atoms with van der Waals surface area (Å²) in [5, 5.41) is 9.66. The van der Waals surface area contributed by atoms with Crippen LogP contribution in [0.1, 0.15) is 70.5 Å². The molecule has 0 fully saturated rings. The Balaban J connectivity index is 2.71. The van der Waals surface area contributed by atoms with Gasteiger partial charge in [-0.15, -0.1) is 11.3 Å². The van der Waals surface area contributed by atoms with Crippen molar-refractivity contribution >= 4 is 27.1 Å². The lowest BCUT2D eigenvalue weighted by atomic mass is 9.83. The second-order valence-electron chi connectivity index (χ2n) is 7.76. The van der Waals surface area contributed by atoms with Gasteiger partial charge in [-0.2, -0.15) is 5.26 Å². The first-order valence-electron chi connectivity index (χ1n) is 8.17. The summed E-state index contributed by atoms with van der Waals surface area (Å²) in [6.07, 6.45) is 2.32. The Morgan fingerprint density at radius 2 is 1.91 bits per heavy atom. The first-order chi connectivity index (χ1) is 10.6. The Labute approximate surface area is 143 Å². The molecule has 1 heterocycles. The van der Waals surface area contributed by atoms with Crippen LogP contribution >= 0.6 is 11.3 Å². The molecule has 1 atom stereocenters. The Morgan fingerprint density at radius 3 is 2.43 bits per heavy atom. The summed E-state index contributed by atoms with van der Waals surface area (Å²) in [6.45, 7) is 15.6. The summed E-state index contributed by atoms with van der Waals surface area (Å²) in [5.74, 6) is 1.03. The number of allylic oxidation sites excluding steroid dienone is 2. The number of aromatic nitrogens is 1. The molecule has 0 aliphatic heterocycles. The van der Waals surface area contributed by atoms with E-state index in [1.54, 1.807) is 0 Å². The van der Waals surface area contributed by atoms with E-state index < -0.39 is 0 Å². The molecule has 2 aromatic rings. The van der Waals surface area contributed by atoms with Crippen molar-refractivity contribution < 1.29 is 0 Å². The van der Waals surface area contributed by atoms with Crippen LogP contribution in [0.15, 0.2) is 18.2 Å². The minimum atomic E-state index is 0.136. The second-order valence-corrected chi connectivity index (χ2v) is 8.79. The SMILES string of the molecule is CC(=CC(C)(C)C)c1cc2nc(C#N)sc2cc1C(C)C(C)C. The molecule has 0 saturated carbocycles. The first kappa shape index (κ1) is 17.7. The maximum atomic E-state index is 9.12. The van der Waals surface area contributed by atoms with Crippen LogP contribution in [-0.4, -0.2) is 4.98 Å². The molecular weight excluding hydrogens is 300 g/mol. The lowest BCUT2D eigenvalue weighted by Crippen LogP contribution is -2.06. The smallest absolute Gasteiger partial charge is 0.195 e. The van der Waals surface area contributed by atoms with Crippen molar-refractivity contribution in [3.8, 4) is 6.07 Å². The van der Waals surface area contributed by atoms with Gasteiger partial charge in [-0.25, -0.2) is 4.98 Å². The maximum Gasteiger partial charge on any atom is 0.195 e. The fourth-order valence-electron chi connectivity index (χ4n) is 2.84. The van der Waals surface area contributed by atoms with Crippen molar-refractivity contribution in [3.63, 3.8) is 0 Å². The normalized spacial score (nSPS) is 14.3. The largest absolute Gasteiger partial charge is 0.226 e. The van der Waals surface area contributed by atoms with Gasteiger partial charge in [0.2, 0.25) is 0 Å². The van der Waals surface area contributed by atoms with Crippen molar-refractivity contribution in [2.24, 2.45) is 11.3 Å². The van der Waals surface area contributed by atoms with Gasteiger partial charge in [-0.1, -0.05) is 47.6 Å². The molecule has 1 unspecified atom stereocenters. The molecule has 0 spiro atoms. The second kappa shape index (κ2) is 6.45. The van der Waals surface area contributed by atoms with E-state index in [2.05, 4.69) is 77.7 Å². The topological polar surface area (TPSA) is 36.7 Å². The van der Waals surface area contributed by atoms with Gasteiger partial charge in [0, 0.05) is 0 Å². The van der Waals surface area contributed by atoms with Gasteiger partial charge in [-0.3, -0.25) is 0 Å². The quantitative estimate of drug-likeness (QED) is 0.656. The molecule has 0 radical (unpaired) electrons. The highest BCUT2D eigenvalue weighted by molar-refractivity contribution is 7.19. The molecule has 0 aliphatic carbocycles. The third kappa shape index (κ3) is 4.00. The Hall–Kier alpha value is -1.66. The number of nitriles is 1. The minimum absolute atomic E-state index is 0.136. The summed E-state index contributed by atoms with van der Waals surface area (Å²) in [5.41, 5.74) is 4.98. The van der Waals surface area contributed by atoms with Crippen LogP contribution in [0, 0.1) is 22.7 Å². The highest BCUT2D eigenvalue weighted by Gasteiger charge is 2.19. The molecule has 3 heteroatoms. The van der Waals surface area contributed by atoms with E-state index in [0.29, 0.717) is 16.8 Å². The summed E-state index contributed by atoms with van der Waals surface area (Å²) >= 11 is 1.48. The Bertz CT molecular complexity index is 782. The zero-order valence-corrected chi connectivity index (χ0v) is 16.0. The van der Waals surface area contributed by atoms with Crippen molar-refractivity contribution in [2.75, 3.05) is 0 Å². The third-order valence-corrected chi connectivity index (χ3v) is 5.14. The van der Waals surface area contributed by atoms with Crippen molar-refractivity contribution in [1.82, 2.24) is 4.98 Å². The van der Waals surface area contributed by atoms with Crippen molar-refractivity contribution in [3.05, 3.63) is 34.3 Å². The minimum Gasteiger partial charge on any atom is -0.226 e. The van der Waals surface area contributed by atoms with E-state index in [9.17, 15) is 0 Å². The molecule has 23 heavy (non-hydrogen) atoms. The van der Waals surface area contributed by atoms with Gasteiger partial charge in [0.1, 0.15) is 6.07 Å². The van der Waals surface area contributed by atoms with E-state index in [0.717, 1.165) is 10.2 Å². The molecule has 2 nitrogen and oxygen atoms in total. The summed E-state index contributed by atoms with van der Waals surface area (Å²) < 4.78 is 1.11. The number of fused-ring (bicyclic) bond motifs is 1. The molecule has 1 aromatic carbocycles. The van der Waals surface area contributed by atoms with E-state index in [1.165, 1.54) is 28.0 Å². The van der Waals surface area contributed by atoms with E-state index in [4.69, 9.17) is 5.26 Å². The molecule has 0 saturated heterocycles. The lowest BCUT2D eigenvalue weighted by molar-refractivity contribution is 0.533. The molecule has 0 aliphatic rings. The van der Waals surface area contributed by atoms with Gasteiger partial charge in [0.15, 0.2) is 5.01 Å². The fourth-order valence-corrected chi connectivity index (χ4v) is 3.64. The van der Waals surface area contributed by atoms with E-state index >= 15 is 0 Å². The van der Waals surface area contributed by atoms with Crippen molar-refractivity contribution in [1.29, 1.82) is 5.26 Å². The number of nitrogens with zero attached hydrogens (tertiary/aromatic N) is 2. The predicted octanol–water partition coefficient (Wildman–Crippen LogP) is 6.38. The lowest BCUT2D eigenvalue weighted by Gasteiger charge is -2.22. The van der Waals surface area contributed by atoms with Crippen LogP contribution in [0.5, 0.6) is 0 Å². The first-order valence-corrected chi connectivity index (χ1v) is 8.98. The van der Waals surface area contributed by atoms with E-state index in [-0.39, 0.29) is 5.41 Å². The molecule has 0 bridgehead atoms. The summed E-state index contributed by atoms with van der Waals surface area (Å²) in [4.78, 5) is 4.45. The molecule has 122 valence electrons.